The smallest absolute Gasteiger partial charge is 0.243 e. The maximum absolute atomic E-state index is 12.4. The fraction of sp³-hybridized carbons (Fsp3) is 0.200. The van der Waals surface area contributed by atoms with Crippen molar-refractivity contribution in [3.05, 3.63) is 59.7 Å². The van der Waals surface area contributed by atoms with E-state index in [2.05, 4.69) is 4.72 Å². The number of nitrogens with one attached hydrogen (secondary N) is 1. The van der Waals surface area contributed by atoms with E-state index in [4.69, 9.17) is 5.73 Å². The summed E-state index contributed by atoms with van der Waals surface area (Å²) in [7, 11) is -3.63. The van der Waals surface area contributed by atoms with Crippen LogP contribution in [-0.4, -0.2) is 8.42 Å². The number of aryl methyl sites for hydroxylation is 1. The Kier molecular flexibility index (Phi) is 4.11. The largest absolute Gasteiger partial charge is 0.398 e. The van der Waals surface area contributed by atoms with Crippen LogP contribution in [0.3, 0.4) is 0 Å². The lowest BCUT2D eigenvalue weighted by Crippen LogP contribution is -2.27. The normalized spacial score (nSPS) is 13.1. The molecule has 2 aromatic carbocycles. The predicted octanol–water partition coefficient (Wildman–Crippen LogP) is 2.62. The van der Waals surface area contributed by atoms with Crippen LogP contribution in [-0.2, 0) is 10.0 Å². The molecule has 5 heteroatoms. The summed E-state index contributed by atoms with van der Waals surface area (Å²) in [5.41, 5.74) is 7.90. The van der Waals surface area contributed by atoms with E-state index in [0.717, 1.165) is 11.1 Å². The predicted molar refractivity (Wildman–Crippen MR) is 80.8 cm³/mol. The number of nitrogens with two attached hydrogens (primary N) is 1. The Balaban J connectivity index is 2.28. The monoisotopic (exact) mass is 290 g/mol. The molecule has 20 heavy (non-hydrogen) atoms. The van der Waals surface area contributed by atoms with Crippen molar-refractivity contribution >= 4 is 15.7 Å². The molecule has 0 aliphatic heterocycles. The van der Waals surface area contributed by atoms with Gasteiger partial charge in [0.25, 0.3) is 0 Å². The average Bonchev–Trinajstić information content (AvgIpc) is 2.38. The Morgan fingerprint density at radius 2 is 1.75 bits per heavy atom. The minimum Gasteiger partial charge on any atom is -0.398 e. The molecule has 2 aromatic rings. The number of rotatable bonds is 4. The van der Waals surface area contributed by atoms with Crippen LogP contribution in [0.4, 0.5) is 5.69 Å². The van der Waals surface area contributed by atoms with Gasteiger partial charge in [0.2, 0.25) is 10.0 Å². The summed E-state index contributed by atoms with van der Waals surface area (Å²) in [6.07, 6.45) is 0. The molecule has 0 saturated carbocycles. The third-order valence-corrected chi connectivity index (χ3v) is 4.70. The summed E-state index contributed by atoms with van der Waals surface area (Å²) in [5, 5.41) is 0. The van der Waals surface area contributed by atoms with Gasteiger partial charge in [-0.1, -0.05) is 36.4 Å². The lowest BCUT2D eigenvalue weighted by atomic mass is 10.1. The molecule has 4 nitrogen and oxygen atoms in total. The molecule has 0 spiro atoms. The second-order valence-corrected chi connectivity index (χ2v) is 6.48. The van der Waals surface area contributed by atoms with Crippen LogP contribution in [0.2, 0.25) is 0 Å². The molecule has 0 heterocycles. The van der Waals surface area contributed by atoms with Crippen LogP contribution in [0.5, 0.6) is 0 Å². The number of hydrogen-bond donors (Lipinski definition) is 2. The van der Waals surface area contributed by atoms with Gasteiger partial charge in [0.15, 0.2) is 0 Å². The molecular formula is C15H18N2O2S. The van der Waals surface area contributed by atoms with Gasteiger partial charge in [0, 0.05) is 6.04 Å². The van der Waals surface area contributed by atoms with Gasteiger partial charge in [-0.3, -0.25) is 0 Å². The van der Waals surface area contributed by atoms with Crippen molar-refractivity contribution in [1.29, 1.82) is 0 Å². The van der Waals surface area contributed by atoms with Gasteiger partial charge in [-0.15, -0.1) is 0 Å². The molecule has 0 amide bonds. The van der Waals surface area contributed by atoms with E-state index in [-0.39, 0.29) is 16.6 Å². The topological polar surface area (TPSA) is 72.2 Å². The third kappa shape index (κ3) is 3.18. The molecule has 0 aliphatic carbocycles. The number of anilines is 1. The molecule has 0 saturated heterocycles. The van der Waals surface area contributed by atoms with Crippen molar-refractivity contribution in [2.45, 2.75) is 24.8 Å². The van der Waals surface area contributed by atoms with Gasteiger partial charge in [-0.25, -0.2) is 13.1 Å². The molecule has 1 atom stereocenters. The second kappa shape index (κ2) is 5.64. The maximum Gasteiger partial charge on any atom is 0.243 e. The summed E-state index contributed by atoms with van der Waals surface area (Å²) < 4.78 is 27.4. The Morgan fingerprint density at radius 1 is 1.10 bits per heavy atom. The minimum absolute atomic E-state index is 0.117. The molecule has 2 rings (SSSR count). The molecule has 0 fully saturated rings. The second-order valence-electron chi connectivity index (χ2n) is 4.79. The van der Waals surface area contributed by atoms with E-state index in [1.165, 1.54) is 6.07 Å². The quantitative estimate of drug-likeness (QED) is 0.850. The highest BCUT2D eigenvalue weighted by Gasteiger charge is 2.20. The highest BCUT2D eigenvalue weighted by molar-refractivity contribution is 7.89. The van der Waals surface area contributed by atoms with Crippen molar-refractivity contribution in [2.75, 3.05) is 5.73 Å². The van der Waals surface area contributed by atoms with Crippen molar-refractivity contribution in [2.24, 2.45) is 0 Å². The first-order chi connectivity index (χ1) is 9.40. The first-order valence-corrected chi connectivity index (χ1v) is 7.82. The zero-order valence-electron chi connectivity index (χ0n) is 11.5. The molecule has 0 radical (unpaired) electrons. The highest BCUT2D eigenvalue weighted by Crippen LogP contribution is 2.22. The molecule has 0 aliphatic rings. The number of benzene rings is 2. The van der Waals surface area contributed by atoms with Crippen LogP contribution in [0, 0.1) is 6.92 Å². The van der Waals surface area contributed by atoms with E-state index in [1.54, 1.807) is 19.1 Å². The Morgan fingerprint density at radius 3 is 2.35 bits per heavy atom. The van der Waals surface area contributed by atoms with Crippen LogP contribution in [0.15, 0.2) is 53.4 Å². The van der Waals surface area contributed by atoms with E-state index in [1.807, 2.05) is 37.3 Å². The van der Waals surface area contributed by atoms with Crippen molar-refractivity contribution in [3.63, 3.8) is 0 Å². The highest BCUT2D eigenvalue weighted by atomic mass is 32.2. The van der Waals surface area contributed by atoms with E-state index in [0.29, 0.717) is 0 Å². The van der Waals surface area contributed by atoms with Gasteiger partial charge < -0.3 is 5.73 Å². The van der Waals surface area contributed by atoms with Crippen LogP contribution in [0.1, 0.15) is 24.1 Å². The Labute approximate surface area is 119 Å². The third-order valence-electron chi connectivity index (χ3n) is 3.09. The lowest BCUT2D eigenvalue weighted by Gasteiger charge is -2.15. The van der Waals surface area contributed by atoms with Crippen molar-refractivity contribution in [3.8, 4) is 0 Å². The molecule has 0 aromatic heterocycles. The summed E-state index contributed by atoms with van der Waals surface area (Å²) in [6.45, 7) is 3.67. The van der Waals surface area contributed by atoms with E-state index in [9.17, 15) is 8.42 Å². The van der Waals surface area contributed by atoms with E-state index >= 15 is 0 Å². The van der Waals surface area contributed by atoms with Crippen molar-refractivity contribution in [1.82, 2.24) is 4.72 Å². The summed E-state index contributed by atoms with van der Waals surface area (Å²) in [5.74, 6) is 0. The minimum atomic E-state index is -3.63. The molecule has 3 N–H and O–H groups in total. The number of sulfonamides is 1. The summed E-state index contributed by atoms with van der Waals surface area (Å²) in [4.78, 5) is 0.117. The average molecular weight is 290 g/mol. The summed E-state index contributed by atoms with van der Waals surface area (Å²) >= 11 is 0. The SMILES string of the molecule is Cc1ccc(S(=O)(=O)N[C@H](C)c2ccccc2)c(N)c1. The Hall–Kier alpha value is -1.85. The van der Waals surface area contributed by atoms with Crippen molar-refractivity contribution < 1.29 is 8.42 Å². The fourth-order valence-corrected chi connectivity index (χ4v) is 3.36. The number of hydrogen-bond acceptors (Lipinski definition) is 3. The molecular weight excluding hydrogens is 272 g/mol. The maximum atomic E-state index is 12.4. The van der Waals surface area contributed by atoms with Crippen LogP contribution >= 0.6 is 0 Å². The van der Waals surface area contributed by atoms with Crippen LogP contribution < -0.4 is 10.5 Å². The van der Waals surface area contributed by atoms with Gasteiger partial charge >= 0.3 is 0 Å². The van der Waals surface area contributed by atoms with Crippen LogP contribution in [0.25, 0.3) is 0 Å². The van der Waals surface area contributed by atoms with Gasteiger partial charge in [-0.05, 0) is 37.1 Å². The molecule has 0 unspecified atom stereocenters. The fourth-order valence-electron chi connectivity index (χ4n) is 2.02. The van der Waals surface area contributed by atoms with E-state index < -0.39 is 10.0 Å². The Bertz CT molecular complexity index is 697. The molecule has 0 bridgehead atoms. The first-order valence-electron chi connectivity index (χ1n) is 6.33. The zero-order chi connectivity index (χ0) is 14.8. The van der Waals surface area contributed by atoms with Gasteiger partial charge in [-0.2, -0.15) is 0 Å². The molecule has 106 valence electrons. The van der Waals surface area contributed by atoms with Gasteiger partial charge in [0.05, 0.1) is 5.69 Å². The number of nitrogen functional groups attached to an aromatic ring is 1. The first kappa shape index (κ1) is 14.6. The van der Waals surface area contributed by atoms with Gasteiger partial charge in [0.1, 0.15) is 4.90 Å². The summed E-state index contributed by atoms with van der Waals surface area (Å²) in [6, 6.07) is 14.0. The standard InChI is InChI=1S/C15H18N2O2S/c1-11-8-9-15(14(16)10-11)20(18,19)17-12(2)13-6-4-3-5-7-13/h3-10,12,17H,16H2,1-2H3/t12-/m1/s1. The zero-order valence-corrected chi connectivity index (χ0v) is 12.3. The lowest BCUT2D eigenvalue weighted by molar-refractivity contribution is 0.567.